The summed E-state index contributed by atoms with van der Waals surface area (Å²) in [5.41, 5.74) is 0.657. The lowest BCUT2D eigenvalue weighted by Crippen LogP contribution is -2.59. The molecular formula is C18H24N2O. The number of likely N-dealkylation sites (tertiary alicyclic amines) is 1. The van der Waals surface area contributed by atoms with E-state index in [-0.39, 0.29) is 0 Å². The molecule has 1 aliphatic carbocycles. The summed E-state index contributed by atoms with van der Waals surface area (Å²) in [7, 11) is 2.10. The second-order valence-electron chi connectivity index (χ2n) is 6.84. The van der Waals surface area contributed by atoms with Crippen LogP contribution in [0.1, 0.15) is 43.7 Å². The van der Waals surface area contributed by atoms with E-state index in [0.29, 0.717) is 18.9 Å². The Morgan fingerprint density at radius 2 is 2.10 bits per heavy atom. The third-order valence-corrected chi connectivity index (χ3v) is 5.72. The van der Waals surface area contributed by atoms with Gasteiger partial charge in [0.1, 0.15) is 5.41 Å². The number of hydrogen-bond acceptors (Lipinski definition) is 3. The molecule has 0 bridgehead atoms. The minimum Gasteiger partial charge on any atom is -0.388 e. The molecule has 0 aromatic heterocycles. The van der Waals surface area contributed by atoms with Crippen molar-refractivity contribution in [3.63, 3.8) is 0 Å². The Morgan fingerprint density at radius 1 is 1.33 bits per heavy atom. The van der Waals surface area contributed by atoms with Crippen molar-refractivity contribution in [3.05, 3.63) is 35.4 Å². The second kappa shape index (κ2) is 5.12. The van der Waals surface area contributed by atoms with Crippen molar-refractivity contribution < 1.29 is 5.11 Å². The van der Waals surface area contributed by atoms with Gasteiger partial charge in [-0.05, 0) is 57.2 Å². The molecule has 3 nitrogen and oxygen atoms in total. The number of nitriles is 1. The van der Waals surface area contributed by atoms with Gasteiger partial charge in [-0.2, -0.15) is 5.26 Å². The fourth-order valence-electron chi connectivity index (χ4n) is 4.25. The van der Waals surface area contributed by atoms with Crippen molar-refractivity contribution in [2.45, 2.75) is 56.1 Å². The predicted molar refractivity (Wildman–Crippen MR) is 82.9 cm³/mol. The van der Waals surface area contributed by atoms with Crippen LogP contribution >= 0.6 is 0 Å². The molecule has 2 aliphatic rings. The van der Waals surface area contributed by atoms with Gasteiger partial charge in [0.05, 0.1) is 11.7 Å². The molecule has 0 amide bonds. The van der Waals surface area contributed by atoms with Gasteiger partial charge in [-0.25, -0.2) is 0 Å². The highest BCUT2D eigenvalue weighted by atomic mass is 16.3. The van der Waals surface area contributed by atoms with E-state index in [9.17, 15) is 10.4 Å². The molecule has 21 heavy (non-hydrogen) atoms. The SMILES string of the molecule is CC1CC(O)(C2(C#N)CCCc3ccccc32)CCN1C. The summed E-state index contributed by atoms with van der Waals surface area (Å²) in [4.78, 5) is 2.27. The number of fused-ring (bicyclic) bond motifs is 1. The molecule has 1 aromatic carbocycles. The fourth-order valence-corrected chi connectivity index (χ4v) is 4.25. The zero-order valence-electron chi connectivity index (χ0n) is 13.0. The van der Waals surface area contributed by atoms with Gasteiger partial charge in [-0.1, -0.05) is 24.3 Å². The number of piperidine rings is 1. The Morgan fingerprint density at radius 3 is 2.81 bits per heavy atom. The molecule has 112 valence electrons. The van der Waals surface area contributed by atoms with Crippen LogP contribution < -0.4 is 0 Å². The molecule has 0 spiro atoms. The molecule has 1 N–H and O–H groups in total. The Bertz CT molecular complexity index is 579. The van der Waals surface area contributed by atoms with E-state index in [4.69, 9.17) is 0 Å². The van der Waals surface area contributed by atoms with Gasteiger partial charge in [0.25, 0.3) is 0 Å². The summed E-state index contributed by atoms with van der Waals surface area (Å²) in [5.74, 6) is 0. The summed E-state index contributed by atoms with van der Waals surface area (Å²) in [6, 6.07) is 11.1. The van der Waals surface area contributed by atoms with Crippen LogP contribution in [-0.2, 0) is 11.8 Å². The molecule has 1 heterocycles. The molecule has 3 heteroatoms. The highest BCUT2D eigenvalue weighted by Crippen LogP contribution is 2.49. The normalized spacial score (nSPS) is 36.8. The van der Waals surface area contributed by atoms with Crippen LogP contribution in [0.2, 0.25) is 0 Å². The largest absolute Gasteiger partial charge is 0.388 e. The lowest BCUT2D eigenvalue weighted by molar-refractivity contribution is -0.0827. The predicted octanol–water partition coefficient (Wildman–Crippen LogP) is 2.63. The first-order valence-corrected chi connectivity index (χ1v) is 7.95. The van der Waals surface area contributed by atoms with Crippen LogP contribution in [0.3, 0.4) is 0 Å². The average molecular weight is 284 g/mol. The lowest BCUT2D eigenvalue weighted by atomic mass is 9.58. The van der Waals surface area contributed by atoms with Gasteiger partial charge in [-0.15, -0.1) is 0 Å². The third-order valence-electron chi connectivity index (χ3n) is 5.72. The number of aliphatic hydroxyl groups is 1. The Hall–Kier alpha value is -1.37. The van der Waals surface area contributed by atoms with Gasteiger partial charge < -0.3 is 10.0 Å². The Kier molecular flexibility index (Phi) is 3.55. The number of hydrogen-bond donors (Lipinski definition) is 1. The molecule has 3 unspecified atom stereocenters. The van der Waals surface area contributed by atoms with E-state index in [0.717, 1.165) is 31.4 Å². The topological polar surface area (TPSA) is 47.3 Å². The third kappa shape index (κ3) is 2.09. The van der Waals surface area contributed by atoms with Crippen molar-refractivity contribution in [1.82, 2.24) is 4.90 Å². The van der Waals surface area contributed by atoms with E-state index < -0.39 is 11.0 Å². The maximum Gasteiger partial charge on any atom is 0.111 e. The molecule has 1 aromatic rings. The molecule has 0 saturated carbocycles. The number of nitrogens with zero attached hydrogens (tertiary/aromatic N) is 2. The summed E-state index contributed by atoms with van der Waals surface area (Å²) < 4.78 is 0. The number of aryl methyl sites for hydroxylation is 1. The first kappa shape index (κ1) is 14.6. The standard InChI is InChI=1S/C18H24N2O/c1-14-12-18(21,10-11-20(14)2)17(13-19)9-5-7-15-6-3-4-8-16(15)17/h3-4,6,8,14,21H,5,7,9-12H2,1-2H3. The highest BCUT2D eigenvalue weighted by molar-refractivity contribution is 5.45. The average Bonchev–Trinajstić information content (AvgIpc) is 2.50. The smallest absolute Gasteiger partial charge is 0.111 e. The minimum absolute atomic E-state index is 0.308. The molecule has 1 fully saturated rings. The quantitative estimate of drug-likeness (QED) is 0.862. The zero-order chi connectivity index (χ0) is 15.1. The van der Waals surface area contributed by atoms with Gasteiger partial charge in [-0.3, -0.25) is 0 Å². The summed E-state index contributed by atoms with van der Waals surface area (Å²) in [6.45, 7) is 2.99. The van der Waals surface area contributed by atoms with Crippen LogP contribution in [0.4, 0.5) is 0 Å². The maximum absolute atomic E-state index is 11.4. The van der Waals surface area contributed by atoms with E-state index >= 15 is 0 Å². The van der Waals surface area contributed by atoms with Crippen molar-refractivity contribution in [2.24, 2.45) is 0 Å². The molecule has 0 radical (unpaired) electrons. The molecule has 1 saturated heterocycles. The van der Waals surface area contributed by atoms with E-state index in [1.165, 1.54) is 5.56 Å². The van der Waals surface area contributed by atoms with Crippen LogP contribution in [-0.4, -0.2) is 35.2 Å². The Balaban J connectivity index is 2.08. The van der Waals surface area contributed by atoms with Crippen molar-refractivity contribution >= 4 is 0 Å². The molecule has 3 atom stereocenters. The van der Waals surface area contributed by atoms with Crippen LogP contribution in [0.5, 0.6) is 0 Å². The first-order valence-electron chi connectivity index (χ1n) is 7.95. The summed E-state index contributed by atoms with van der Waals surface area (Å²) in [5, 5.41) is 21.5. The highest BCUT2D eigenvalue weighted by Gasteiger charge is 2.55. The van der Waals surface area contributed by atoms with Crippen LogP contribution in [0.15, 0.2) is 24.3 Å². The van der Waals surface area contributed by atoms with Gasteiger partial charge in [0.2, 0.25) is 0 Å². The number of rotatable bonds is 1. The number of benzene rings is 1. The van der Waals surface area contributed by atoms with Gasteiger partial charge >= 0.3 is 0 Å². The monoisotopic (exact) mass is 284 g/mol. The van der Waals surface area contributed by atoms with Gasteiger partial charge in [0, 0.05) is 12.6 Å². The maximum atomic E-state index is 11.4. The van der Waals surface area contributed by atoms with Gasteiger partial charge in [0.15, 0.2) is 0 Å². The lowest BCUT2D eigenvalue weighted by Gasteiger charge is -2.51. The zero-order valence-corrected chi connectivity index (χ0v) is 13.0. The van der Waals surface area contributed by atoms with E-state index in [1.54, 1.807) is 0 Å². The summed E-state index contributed by atoms with van der Waals surface area (Å²) in [6.07, 6.45) is 4.12. The minimum atomic E-state index is -0.912. The Labute approximate surface area is 127 Å². The van der Waals surface area contributed by atoms with E-state index in [2.05, 4.69) is 37.1 Å². The first-order chi connectivity index (χ1) is 10.0. The molecular weight excluding hydrogens is 260 g/mol. The van der Waals surface area contributed by atoms with E-state index in [1.807, 2.05) is 12.1 Å². The second-order valence-corrected chi connectivity index (χ2v) is 6.84. The summed E-state index contributed by atoms with van der Waals surface area (Å²) >= 11 is 0. The van der Waals surface area contributed by atoms with Crippen LogP contribution in [0.25, 0.3) is 0 Å². The van der Waals surface area contributed by atoms with Crippen molar-refractivity contribution in [2.75, 3.05) is 13.6 Å². The van der Waals surface area contributed by atoms with Crippen molar-refractivity contribution in [1.29, 1.82) is 5.26 Å². The van der Waals surface area contributed by atoms with Crippen molar-refractivity contribution in [3.8, 4) is 6.07 Å². The molecule has 1 aliphatic heterocycles. The fraction of sp³-hybridized carbons (Fsp3) is 0.611. The molecule has 3 rings (SSSR count). The van der Waals surface area contributed by atoms with Crippen LogP contribution in [0, 0.1) is 11.3 Å².